The number of fused-ring (bicyclic) bond motifs is 3. The molecule has 0 radical (unpaired) electrons. The smallest absolute Gasteiger partial charge is 0.210 e. The molecule has 0 unspecified atom stereocenters. The monoisotopic (exact) mass is 522 g/mol. The minimum absolute atomic E-state index is 0. The highest BCUT2D eigenvalue weighted by Gasteiger charge is 2.24. The van der Waals surface area contributed by atoms with Gasteiger partial charge in [-0.05, 0) is 69.0 Å². The molecule has 0 bridgehead atoms. The Labute approximate surface area is 218 Å². The van der Waals surface area contributed by atoms with Crippen molar-refractivity contribution in [2.45, 2.75) is 19.3 Å². The molecular formula is C25H32Cl2N4O4. The maximum absolute atomic E-state index is 12.8. The Kier molecular flexibility index (Phi) is 11.5. The van der Waals surface area contributed by atoms with E-state index < -0.39 is 0 Å². The fourth-order valence-corrected chi connectivity index (χ4v) is 3.90. The molecule has 8 nitrogen and oxygen atoms in total. The van der Waals surface area contributed by atoms with Gasteiger partial charge in [0.1, 0.15) is 11.4 Å². The number of ketones is 2. The Morgan fingerprint density at radius 1 is 0.743 bits per heavy atom. The first-order valence-electron chi connectivity index (χ1n) is 10.8. The van der Waals surface area contributed by atoms with Crippen molar-refractivity contribution < 1.29 is 20.0 Å². The summed E-state index contributed by atoms with van der Waals surface area (Å²) < 4.78 is 0. The molecule has 0 heterocycles. The second-order valence-electron chi connectivity index (χ2n) is 8.78. The van der Waals surface area contributed by atoms with Gasteiger partial charge in [-0.25, -0.2) is 0 Å². The predicted molar refractivity (Wildman–Crippen MR) is 143 cm³/mol. The number of rotatable bonds is 10. The van der Waals surface area contributed by atoms with E-state index in [-0.39, 0.29) is 47.8 Å². The van der Waals surface area contributed by atoms with E-state index in [0.717, 1.165) is 22.3 Å². The number of oxime groups is 2. The van der Waals surface area contributed by atoms with E-state index in [0.29, 0.717) is 43.5 Å². The number of carbonyl (C=O) groups excluding carboxylic acids is 2. The number of hydrogen-bond donors (Lipinski definition) is 2. The molecule has 1 aliphatic carbocycles. The Bertz CT molecular complexity index is 1040. The highest BCUT2D eigenvalue weighted by molar-refractivity contribution is 6.46. The quantitative estimate of drug-likeness (QED) is 0.180. The van der Waals surface area contributed by atoms with Crippen LogP contribution in [0.3, 0.4) is 0 Å². The molecule has 35 heavy (non-hydrogen) atoms. The summed E-state index contributed by atoms with van der Waals surface area (Å²) in [6.45, 7) is 1.21. The lowest BCUT2D eigenvalue weighted by molar-refractivity contribution is 0.105. The highest BCUT2D eigenvalue weighted by atomic mass is 35.5. The summed E-state index contributed by atoms with van der Waals surface area (Å²) in [6, 6.07) is 10.9. The number of halogens is 2. The van der Waals surface area contributed by atoms with Gasteiger partial charge in [0.25, 0.3) is 0 Å². The summed E-state index contributed by atoms with van der Waals surface area (Å²) >= 11 is 0. The third-order valence-electron chi connectivity index (χ3n) is 5.76. The minimum Gasteiger partial charge on any atom is -0.411 e. The van der Waals surface area contributed by atoms with Gasteiger partial charge in [-0.2, -0.15) is 0 Å². The Morgan fingerprint density at radius 3 is 1.43 bits per heavy atom. The molecule has 1 aliphatic rings. The predicted octanol–water partition coefficient (Wildman–Crippen LogP) is 4.03. The van der Waals surface area contributed by atoms with Crippen molar-refractivity contribution in [1.82, 2.24) is 9.80 Å². The van der Waals surface area contributed by atoms with E-state index in [4.69, 9.17) is 0 Å². The zero-order chi connectivity index (χ0) is 24.1. The topological polar surface area (TPSA) is 106 Å². The molecule has 2 aromatic carbocycles. The lowest BCUT2D eigenvalue weighted by atomic mass is 9.97. The Balaban J connectivity index is 0.00000306. The van der Waals surface area contributed by atoms with Gasteiger partial charge in [0.05, 0.1) is 0 Å². The summed E-state index contributed by atoms with van der Waals surface area (Å²) in [6.07, 6.45) is 1.29. The zero-order valence-electron chi connectivity index (χ0n) is 20.3. The standard InChI is InChI=1S/C25H30N4O4.2ClH/c1-28(2)11-9-22(26-32)24(30)16-5-7-20-18(13-16)15-19-14-17(6-8-21(19)20)25(31)23(27-33)10-12-29(3)4;;/h5-8,13-14,32-33H,9-12,15H2,1-4H3;2*1H. The molecule has 2 aromatic rings. The number of carbonyl (C=O) groups is 2. The molecule has 3 rings (SSSR count). The van der Waals surface area contributed by atoms with Gasteiger partial charge >= 0.3 is 0 Å². The summed E-state index contributed by atoms with van der Waals surface area (Å²) in [5.74, 6) is -0.586. The fourth-order valence-electron chi connectivity index (χ4n) is 3.90. The van der Waals surface area contributed by atoms with Crippen LogP contribution in [0.1, 0.15) is 44.7 Å². The first-order valence-corrected chi connectivity index (χ1v) is 10.8. The summed E-state index contributed by atoms with van der Waals surface area (Å²) in [7, 11) is 7.57. The molecular weight excluding hydrogens is 491 g/mol. The van der Waals surface area contributed by atoms with Crippen LogP contribution in [0.2, 0.25) is 0 Å². The highest BCUT2D eigenvalue weighted by Crippen LogP contribution is 2.37. The largest absolute Gasteiger partial charge is 0.411 e. The fraction of sp³-hybridized carbons (Fsp3) is 0.360. The van der Waals surface area contributed by atoms with Crippen molar-refractivity contribution in [3.8, 4) is 11.1 Å². The van der Waals surface area contributed by atoms with Gasteiger partial charge in [0, 0.05) is 37.1 Å². The van der Waals surface area contributed by atoms with Crippen molar-refractivity contribution >= 4 is 47.8 Å². The van der Waals surface area contributed by atoms with Crippen LogP contribution in [0.25, 0.3) is 11.1 Å². The van der Waals surface area contributed by atoms with Crippen LogP contribution >= 0.6 is 24.8 Å². The maximum atomic E-state index is 12.8. The van der Waals surface area contributed by atoms with Crippen molar-refractivity contribution in [1.29, 1.82) is 0 Å². The molecule has 0 saturated carbocycles. The molecule has 0 saturated heterocycles. The van der Waals surface area contributed by atoms with Gasteiger partial charge in [-0.3, -0.25) is 9.59 Å². The van der Waals surface area contributed by atoms with Crippen LogP contribution in [-0.4, -0.2) is 84.5 Å². The second kappa shape index (κ2) is 13.3. The first kappa shape index (κ1) is 30.3. The van der Waals surface area contributed by atoms with Crippen molar-refractivity contribution in [3.05, 3.63) is 58.7 Å². The van der Waals surface area contributed by atoms with E-state index in [1.54, 1.807) is 12.1 Å². The lowest BCUT2D eigenvalue weighted by Gasteiger charge is -2.10. The number of Topliss-reactive ketones (excluding diaryl/α,β-unsaturated/α-hetero) is 2. The van der Waals surface area contributed by atoms with Crippen LogP contribution in [-0.2, 0) is 6.42 Å². The zero-order valence-corrected chi connectivity index (χ0v) is 21.9. The Hall–Kier alpha value is -2.78. The average molecular weight is 523 g/mol. The summed E-state index contributed by atoms with van der Waals surface area (Å²) in [5.41, 5.74) is 5.19. The van der Waals surface area contributed by atoms with Crippen molar-refractivity contribution in [2.24, 2.45) is 10.3 Å². The number of benzene rings is 2. The molecule has 0 aromatic heterocycles. The van der Waals surface area contributed by atoms with E-state index in [1.807, 2.05) is 62.3 Å². The molecule has 0 fully saturated rings. The molecule has 0 atom stereocenters. The van der Waals surface area contributed by atoms with E-state index >= 15 is 0 Å². The average Bonchev–Trinajstić information content (AvgIpc) is 3.16. The Morgan fingerprint density at radius 2 is 1.11 bits per heavy atom. The molecule has 0 aliphatic heterocycles. The van der Waals surface area contributed by atoms with Gasteiger partial charge in [-0.1, -0.05) is 34.6 Å². The summed E-state index contributed by atoms with van der Waals surface area (Å²) in [5, 5.41) is 25.1. The third-order valence-corrected chi connectivity index (χ3v) is 5.76. The summed E-state index contributed by atoms with van der Waals surface area (Å²) in [4.78, 5) is 29.5. The second-order valence-corrected chi connectivity index (χ2v) is 8.78. The van der Waals surface area contributed by atoms with Crippen LogP contribution in [0.15, 0.2) is 46.7 Å². The third kappa shape index (κ3) is 7.11. The van der Waals surface area contributed by atoms with Gasteiger partial charge < -0.3 is 20.2 Å². The van der Waals surface area contributed by atoms with Crippen LogP contribution < -0.4 is 0 Å². The molecule has 0 spiro atoms. The molecule has 2 N–H and O–H groups in total. The van der Waals surface area contributed by atoms with Gasteiger partial charge in [0.15, 0.2) is 0 Å². The minimum atomic E-state index is -0.293. The van der Waals surface area contributed by atoms with E-state index in [9.17, 15) is 20.0 Å². The number of nitrogens with zero attached hydrogens (tertiary/aromatic N) is 4. The lowest BCUT2D eigenvalue weighted by Crippen LogP contribution is -2.22. The van der Waals surface area contributed by atoms with Gasteiger partial charge in [-0.15, -0.1) is 24.8 Å². The number of hydrogen-bond acceptors (Lipinski definition) is 8. The van der Waals surface area contributed by atoms with Crippen molar-refractivity contribution in [2.75, 3.05) is 41.3 Å². The molecule has 190 valence electrons. The van der Waals surface area contributed by atoms with Crippen LogP contribution in [0.4, 0.5) is 0 Å². The SMILES string of the molecule is CN(C)CCC(=NO)C(=O)c1ccc2c(c1)Cc1cc(C(=O)C(CCN(C)C)=NO)ccc1-2.Cl.Cl. The van der Waals surface area contributed by atoms with E-state index in [1.165, 1.54) is 0 Å². The van der Waals surface area contributed by atoms with Crippen LogP contribution in [0, 0.1) is 0 Å². The maximum Gasteiger partial charge on any atom is 0.210 e. The van der Waals surface area contributed by atoms with Crippen LogP contribution in [0.5, 0.6) is 0 Å². The molecule has 0 amide bonds. The van der Waals surface area contributed by atoms with Gasteiger partial charge in [0.2, 0.25) is 11.6 Å². The van der Waals surface area contributed by atoms with E-state index in [2.05, 4.69) is 10.3 Å². The normalized spacial score (nSPS) is 12.6. The molecule has 10 heteroatoms. The first-order chi connectivity index (χ1) is 15.7. The van der Waals surface area contributed by atoms with Crippen molar-refractivity contribution in [3.63, 3.8) is 0 Å².